The van der Waals surface area contributed by atoms with Gasteiger partial charge in [0.1, 0.15) is 18.2 Å². The molecular formula is C14H13BrFNO. The van der Waals surface area contributed by atoms with Gasteiger partial charge in [0, 0.05) is 0 Å². The fourth-order valence-electron chi connectivity index (χ4n) is 1.55. The molecule has 2 nitrogen and oxygen atoms in total. The van der Waals surface area contributed by atoms with Gasteiger partial charge in [0.2, 0.25) is 0 Å². The summed E-state index contributed by atoms with van der Waals surface area (Å²) < 4.78 is 19.0. The third-order valence-corrected chi connectivity index (χ3v) is 3.16. The van der Waals surface area contributed by atoms with E-state index in [2.05, 4.69) is 15.9 Å². The van der Waals surface area contributed by atoms with Crippen LogP contribution in [0, 0.1) is 5.82 Å². The molecular weight excluding hydrogens is 297 g/mol. The minimum atomic E-state index is -0.310. The molecule has 94 valence electrons. The highest BCUT2D eigenvalue weighted by molar-refractivity contribution is 9.10. The lowest BCUT2D eigenvalue weighted by atomic mass is 10.1. The van der Waals surface area contributed by atoms with E-state index in [4.69, 9.17) is 10.5 Å². The van der Waals surface area contributed by atoms with Crippen LogP contribution < -0.4 is 10.5 Å². The molecule has 0 fully saturated rings. The van der Waals surface area contributed by atoms with E-state index in [1.807, 2.05) is 30.3 Å². The Morgan fingerprint density at radius 3 is 2.56 bits per heavy atom. The number of hydrogen-bond acceptors (Lipinski definition) is 2. The number of benzene rings is 2. The van der Waals surface area contributed by atoms with Crippen molar-refractivity contribution < 1.29 is 9.13 Å². The van der Waals surface area contributed by atoms with E-state index in [0.717, 1.165) is 5.56 Å². The van der Waals surface area contributed by atoms with Crippen molar-refractivity contribution in [3.63, 3.8) is 0 Å². The van der Waals surface area contributed by atoms with Gasteiger partial charge in [-0.25, -0.2) is 4.39 Å². The van der Waals surface area contributed by atoms with Crippen molar-refractivity contribution in [2.45, 2.75) is 6.04 Å². The molecule has 1 unspecified atom stereocenters. The number of hydrogen-bond donors (Lipinski definition) is 1. The van der Waals surface area contributed by atoms with Gasteiger partial charge in [-0.2, -0.15) is 0 Å². The minimum Gasteiger partial charge on any atom is -0.492 e. The maximum atomic E-state index is 13.0. The van der Waals surface area contributed by atoms with Crippen LogP contribution in [0.5, 0.6) is 5.75 Å². The van der Waals surface area contributed by atoms with Gasteiger partial charge in [0.25, 0.3) is 0 Å². The van der Waals surface area contributed by atoms with Crippen molar-refractivity contribution >= 4 is 15.9 Å². The summed E-state index contributed by atoms with van der Waals surface area (Å²) in [6, 6.07) is 14.0. The summed E-state index contributed by atoms with van der Waals surface area (Å²) in [5.74, 6) is 0.282. The van der Waals surface area contributed by atoms with E-state index in [0.29, 0.717) is 16.8 Å². The summed E-state index contributed by atoms with van der Waals surface area (Å²) >= 11 is 3.11. The highest BCUT2D eigenvalue weighted by atomic mass is 79.9. The third-order valence-electron chi connectivity index (χ3n) is 2.55. The summed E-state index contributed by atoms with van der Waals surface area (Å²) in [6.07, 6.45) is 0. The summed E-state index contributed by atoms with van der Waals surface area (Å²) in [6.45, 7) is 0.349. The molecule has 0 saturated heterocycles. The van der Waals surface area contributed by atoms with Gasteiger partial charge < -0.3 is 10.5 Å². The van der Waals surface area contributed by atoms with Gasteiger partial charge in [-0.1, -0.05) is 30.3 Å². The predicted octanol–water partition coefficient (Wildman–Crippen LogP) is 3.67. The fraction of sp³-hybridized carbons (Fsp3) is 0.143. The van der Waals surface area contributed by atoms with Crippen molar-refractivity contribution in [3.05, 3.63) is 64.4 Å². The van der Waals surface area contributed by atoms with Crippen LogP contribution >= 0.6 is 15.9 Å². The Morgan fingerprint density at radius 2 is 1.89 bits per heavy atom. The number of ether oxygens (including phenoxy) is 1. The first-order valence-electron chi connectivity index (χ1n) is 5.55. The van der Waals surface area contributed by atoms with E-state index in [9.17, 15) is 4.39 Å². The summed E-state index contributed by atoms with van der Waals surface area (Å²) in [4.78, 5) is 0. The molecule has 0 aliphatic carbocycles. The van der Waals surface area contributed by atoms with Crippen molar-refractivity contribution in [3.8, 4) is 5.75 Å². The lowest BCUT2D eigenvalue weighted by Gasteiger charge is -2.13. The predicted molar refractivity (Wildman–Crippen MR) is 73.0 cm³/mol. The third kappa shape index (κ3) is 3.31. The van der Waals surface area contributed by atoms with Crippen LogP contribution in [0.25, 0.3) is 0 Å². The second-order valence-electron chi connectivity index (χ2n) is 3.90. The molecule has 2 aromatic carbocycles. The number of halogens is 2. The largest absolute Gasteiger partial charge is 0.492 e. The molecule has 0 aliphatic heterocycles. The Morgan fingerprint density at radius 1 is 1.17 bits per heavy atom. The summed E-state index contributed by atoms with van der Waals surface area (Å²) in [7, 11) is 0. The Kier molecular flexibility index (Phi) is 4.33. The highest BCUT2D eigenvalue weighted by Crippen LogP contribution is 2.22. The van der Waals surface area contributed by atoms with Crippen LogP contribution in [-0.4, -0.2) is 6.61 Å². The van der Waals surface area contributed by atoms with Crippen LogP contribution in [0.4, 0.5) is 4.39 Å². The molecule has 0 radical (unpaired) electrons. The molecule has 2 rings (SSSR count). The highest BCUT2D eigenvalue weighted by Gasteiger charge is 2.07. The second-order valence-corrected chi connectivity index (χ2v) is 4.76. The van der Waals surface area contributed by atoms with Crippen molar-refractivity contribution in [1.82, 2.24) is 0 Å². The molecule has 0 bridgehead atoms. The van der Waals surface area contributed by atoms with Gasteiger partial charge in [0.05, 0.1) is 10.5 Å². The monoisotopic (exact) mass is 309 g/mol. The van der Waals surface area contributed by atoms with Crippen LogP contribution in [0.15, 0.2) is 53.0 Å². The zero-order valence-corrected chi connectivity index (χ0v) is 11.2. The molecule has 0 aromatic heterocycles. The summed E-state index contributed by atoms with van der Waals surface area (Å²) in [5, 5.41) is 0. The number of nitrogens with two attached hydrogens (primary N) is 1. The van der Waals surface area contributed by atoms with Gasteiger partial charge in [-0.05, 0) is 39.7 Å². The van der Waals surface area contributed by atoms with Crippen LogP contribution in [0.2, 0.25) is 0 Å². The zero-order chi connectivity index (χ0) is 13.0. The molecule has 18 heavy (non-hydrogen) atoms. The van der Waals surface area contributed by atoms with E-state index in [1.165, 1.54) is 6.07 Å². The average Bonchev–Trinajstić information content (AvgIpc) is 2.41. The Bertz CT molecular complexity index is 518. The average molecular weight is 310 g/mol. The first kappa shape index (κ1) is 13.1. The maximum absolute atomic E-state index is 13.0. The van der Waals surface area contributed by atoms with Gasteiger partial charge in [-0.15, -0.1) is 0 Å². The SMILES string of the molecule is NC(COc1ccc(F)c(Br)c1)c1ccccc1. The molecule has 4 heteroatoms. The molecule has 0 saturated carbocycles. The Labute approximate surface area is 114 Å². The Balaban J connectivity index is 1.97. The second kappa shape index (κ2) is 5.98. The molecule has 0 amide bonds. The van der Waals surface area contributed by atoms with Crippen molar-refractivity contribution in [1.29, 1.82) is 0 Å². The molecule has 0 heterocycles. The van der Waals surface area contributed by atoms with E-state index in [1.54, 1.807) is 12.1 Å². The van der Waals surface area contributed by atoms with Crippen molar-refractivity contribution in [2.24, 2.45) is 5.73 Å². The van der Waals surface area contributed by atoms with Gasteiger partial charge in [0.15, 0.2) is 0 Å². The normalized spacial score (nSPS) is 12.2. The molecule has 2 aromatic rings. The first-order chi connectivity index (χ1) is 8.66. The van der Waals surface area contributed by atoms with E-state index >= 15 is 0 Å². The molecule has 2 N–H and O–H groups in total. The first-order valence-corrected chi connectivity index (χ1v) is 6.34. The van der Waals surface area contributed by atoms with E-state index < -0.39 is 0 Å². The molecule has 1 atom stereocenters. The van der Waals surface area contributed by atoms with Crippen LogP contribution in [0.1, 0.15) is 11.6 Å². The lowest BCUT2D eigenvalue weighted by molar-refractivity contribution is 0.290. The topological polar surface area (TPSA) is 35.2 Å². The zero-order valence-electron chi connectivity index (χ0n) is 9.64. The molecule has 0 aliphatic rings. The van der Waals surface area contributed by atoms with Gasteiger partial charge in [-0.3, -0.25) is 0 Å². The quantitative estimate of drug-likeness (QED) is 0.935. The van der Waals surface area contributed by atoms with E-state index in [-0.39, 0.29) is 11.9 Å². The van der Waals surface area contributed by atoms with Gasteiger partial charge >= 0.3 is 0 Å². The van der Waals surface area contributed by atoms with Crippen molar-refractivity contribution in [2.75, 3.05) is 6.61 Å². The summed E-state index contributed by atoms with van der Waals surface area (Å²) in [5.41, 5.74) is 7.01. The van der Waals surface area contributed by atoms with Crippen LogP contribution in [0.3, 0.4) is 0 Å². The smallest absolute Gasteiger partial charge is 0.137 e. The maximum Gasteiger partial charge on any atom is 0.137 e. The molecule has 0 spiro atoms. The standard InChI is InChI=1S/C14H13BrFNO/c15-12-8-11(6-7-13(12)16)18-9-14(17)10-4-2-1-3-5-10/h1-8,14H,9,17H2. The lowest BCUT2D eigenvalue weighted by Crippen LogP contribution is -2.18. The fourth-order valence-corrected chi connectivity index (χ4v) is 1.91. The minimum absolute atomic E-state index is 0.199. The van der Waals surface area contributed by atoms with Crippen LogP contribution in [-0.2, 0) is 0 Å². The Hall–Kier alpha value is -1.39. The number of rotatable bonds is 4.